The van der Waals surface area contributed by atoms with Crippen LogP contribution >= 0.6 is 11.6 Å². The van der Waals surface area contributed by atoms with Crippen LogP contribution < -0.4 is 15.0 Å². The maximum absolute atomic E-state index is 13.1. The molecular weight excluding hydrogens is 462 g/mol. The molecule has 6 nitrogen and oxygen atoms in total. The summed E-state index contributed by atoms with van der Waals surface area (Å²) in [7, 11) is 0. The molecule has 35 heavy (non-hydrogen) atoms. The Morgan fingerprint density at radius 2 is 1.71 bits per heavy atom. The Kier molecular flexibility index (Phi) is 8.27. The highest BCUT2D eigenvalue weighted by Gasteiger charge is 2.23. The average molecular weight is 492 g/mol. The quantitative estimate of drug-likeness (QED) is 0.444. The lowest BCUT2D eigenvalue weighted by Gasteiger charge is -2.37. The van der Waals surface area contributed by atoms with Crippen molar-refractivity contribution in [3.05, 3.63) is 88.9 Å². The molecule has 0 spiro atoms. The lowest BCUT2D eigenvalue weighted by molar-refractivity contribution is -0.131. The van der Waals surface area contributed by atoms with Crippen molar-refractivity contribution in [1.82, 2.24) is 4.90 Å². The summed E-state index contributed by atoms with van der Waals surface area (Å²) in [6.07, 6.45) is 1.43. The highest BCUT2D eigenvalue weighted by Crippen LogP contribution is 2.31. The number of nitrogens with one attached hydrogen (secondary N) is 1. The molecule has 0 aromatic heterocycles. The van der Waals surface area contributed by atoms with Crippen molar-refractivity contribution in [3.63, 3.8) is 0 Å². The Labute approximate surface area is 211 Å². The van der Waals surface area contributed by atoms with Crippen molar-refractivity contribution < 1.29 is 14.3 Å². The minimum absolute atomic E-state index is 0.200. The van der Waals surface area contributed by atoms with Gasteiger partial charge in [-0.1, -0.05) is 54.9 Å². The highest BCUT2D eigenvalue weighted by molar-refractivity contribution is 6.31. The van der Waals surface area contributed by atoms with Crippen molar-refractivity contribution in [2.24, 2.45) is 0 Å². The molecule has 1 saturated heterocycles. The lowest BCUT2D eigenvalue weighted by atomic mass is 10.1. The fourth-order valence-electron chi connectivity index (χ4n) is 4.12. The van der Waals surface area contributed by atoms with Crippen molar-refractivity contribution >= 4 is 34.8 Å². The van der Waals surface area contributed by atoms with Crippen LogP contribution in [0, 0.1) is 0 Å². The van der Waals surface area contributed by atoms with Gasteiger partial charge in [-0.2, -0.15) is 0 Å². The van der Waals surface area contributed by atoms with Gasteiger partial charge in [0.05, 0.1) is 11.4 Å². The monoisotopic (exact) mass is 491 g/mol. The van der Waals surface area contributed by atoms with Crippen LogP contribution in [0.4, 0.5) is 11.4 Å². The van der Waals surface area contributed by atoms with Gasteiger partial charge in [0, 0.05) is 43.2 Å². The fourth-order valence-corrected chi connectivity index (χ4v) is 4.29. The van der Waals surface area contributed by atoms with Crippen LogP contribution in [0.25, 0.3) is 0 Å². The van der Waals surface area contributed by atoms with E-state index >= 15 is 0 Å². The predicted molar refractivity (Wildman–Crippen MR) is 140 cm³/mol. The standard InChI is InChI=1S/C28H30ClN3O3/c1-2-7-27(33)32-16-14-31(15-17-32)26-13-12-23(29)19-25(26)30-28(34)22-10-6-11-24(18-22)35-20-21-8-4-3-5-9-21/h3-6,8-13,18-19H,2,7,14-17,20H2,1H3,(H,30,34). The zero-order valence-corrected chi connectivity index (χ0v) is 20.6. The summed E-state index contributed by atoms with van der Waals surface area (Å²) in [6.45, 7) is 5.16. The van der Waals surface area contributed by atoms with Crippen LogP contribution in [0.1, 0.15) is 35.7 Å². The van der Waals surface area contributed by atoms with E-state index in [4.69, 9.17) is 16.3 Å². The molecule has 0 unspecified atom stereocenters. The van der Waals surface area contributed by atoms with E-state index < -0.39 is 0 Å². The summed E-state index contributed by atoms with van der Waals surface area (Å²) in [5, 5.41) is 3.56. The zero-order chi connectivity index (χ0) is 24.6. The Balaban J connectivity index is 1.43. The summed E-state index contributed by atoms with van der Waals surface area (Å²) < 4.78 is 5.88. The Morgan fingerprint density at radius 3 is 2.46 bits per heavy atom. The van der Waals surface area contributed by atoms with Gasteiger partial charge in [-0.3, -0.25) is 9.59 Å². The number of rotatable bonds is 8. The number of carbonyl (C=O) groups is 2. The second-order valence-corrected chi connectivity index (χ2v) is 8.97. The van der Waals surface area contributed by atoms with Gasteiger partial charge in [-0.25, -0.2) is 0 Å². The first-order valence-corrected chi connectivity index (χ1v) is 12.3. The van der Waals surface area contributed by atoms with E-state index in [2.05, 4.69) is 10.2 Å². The first-order valence-electron chi connectivity index (χ1n) is 11.9. The highest BCUT2D eigenvalue weighted by atomic mass is 35.5. The topological polar surface area (TPSA) is 61.9 Å². The Hall–Kier alpha value is -3.51. The van der Waals surface area contributed by atoms with Gasteiger partial charge in [-0.15, -0.1) is 0 Å². The van der Waals surface area contributed by atoms with Crippen LogP contribution in [-0.2, 0) is 11.4 Å². The van der Waals surface area contributed by atoms with E-state index in [1.807, 2.05) is 60.4 Å². The maximum Gasteiger partial charge on any atom is 0.255 e. The van der Waals surface area contributed by atoms with Gasteiger partial charge in [0.25, 0.3) is 5.91 Å². The maximum atomic E-state index is 13.1. The van der Waals surface area contributed by atoms with Crippen LogP contribution in [-0.4, -0.2) is 42.9 Å². The molecule has 0 saturated carbocycles. The molecule has 3 aromatic carbocycles. The second-order valence-electron chi connectivity index (χ2n) is 8.54. The normalized spacial score (nSPS) is 13.4. The molecule has 0 bridgehead atoms. The number of piperazine rings is 1. The van der Waals surface area contributed by atoms with E-state index in [1.54, 1.807) is 24.3 Å². The molecule has 0 radical (unpaired) electrons. The smallest absolute Gasteiger partial charge is 0.255 e. The molecule has 4 rings (SSSR count). The van der Waals surface area contributed by atoms with Gasteiger partial charge in [0.1, 0.15) is 12.4 Å². The minimum Gasteiger partial charge on any atom is -0.489 e. The number of carbonyl (C=O) groups excluding carboxylic acids is 2. The largest absolute Gasteiger partial charge is 0.489 e. The molecule has 182 valence electrons. The first kappa shape index (κ1) is 24.6. The summed E-state index contributed by atoms with van der Waals surface area (Å²) in [5.74, 6) is 0.585. The van der Waals surface area contributed by atoms with Gasteiger partial charge in [0.2, 0.25) is 5.91 Å². The average Bonchev–Trinajstić information content (AvgIpc) is 2.89. The molecule has 7 heteroatoms. The summed E-state index contributed by atoms with van der Waals surface area (Å²) >= 11 is 6.27. The number of anilines is 2. The second kappa shape index (κ2) is 11.8. The molecule has 1 heterocycles. The molecule has 1 aliphatic heterocycles. The number of nitrogens with zero attached hydrogens (tertiary/aromatic N) is 2. The molecule has 2 amide bonds. The molecule has 3 aromatic rings. The van der Waals surface area contributed by atoms with E-state index in [0.717, 1.165) is 17.7 Å². The third-order valence-corrected chi connectivity index (χ3v) is 6.22. The minimum atomic E-state index is -0.240. The number of benzene rings is 3. The molecular formula is C28H30ClN3O3. The number of amides is 2. The van der Waals surface area contributed by atoms with E-state index in [0.29, 0.717) is 61.2 Å². The van der Waals surface area contributed by atoms with E-state index in [-0.39, 0.29) is 11.8 Å². The summed E-state index contributed by atoms with van der Waals surface area (Å²) in [6, 6.07) is 22.5. The zero-order valence-electron chi connectivity index (χ0n) is 19.9. The molecule has 1 fully saturated rings. The van der Waals surface area contributed by atoms with Crippen molar-refractivity contribution in [3.8, 4) is 5.75 Å². The van der Waals surface area contributed by atoms with Gasteiger partial charge in [0.15, 0.2) is 0 Å². The van der Waals surface area contributed by atoms with Crippen molar-refractivity contribution in [2.45, 2.75) is 26.4 Å². The molecule has 0 atom stereocenters. The van der Waals surface area contributed by atoms with Crippen LogP contribution in [0.5, 0.6) is 5.75 Å². The fraction of sp³-hybridized carbons (Fsp3) is 0.286. The lowest BCUT2D eigenvalue weighted by Crippen LogP contribution is -2.48. The SMILES string of the molecule is CCCC(=O)N1CCN(c2ccc(Cl)cc2NC(=O)c2cccc(OCc3ccccc3)c2)CC1. The molecule has 0 aliphatic carbocycles. The third kappa shape index (κ3) is 6.55. The predicted octanol–water partition coefficient (Wildman–Crippen LogP) is 5.62. The van der Waals surface area contributed by atoms with Gasteiger partial charge in [-0.05, 0) is 48.4 Å². The van der Waals surface area contributed by atoms with Crippen molar-refractivity contribution in [2.75, 3.05) is 36.4 Å². The van der Waals surface area contributed by atoms with E-state index in [9.17, 15) is 9.59 Å². The van der Waals surface area contributed by atoms with E-state index in [1.165, 1.54) is 0 Å². The Bertz CT molecular complexity index is 1160. The number of hydrogen-bond acceptors (Lipinski definition) is 4. The Morgan fingerprint density at radius 1 is 0.943 bits per heavy atom. The van der Waals surface area contributed by atoms with Crippen LogP contribution in [0.3, 0.4) is 0 Å². The summed E-state index contributed by atoms with van der Waals surface area (Å²) in [4.78, 5) is 29.4. The molecule has 1 aliphatic rings. The van der Waals surface area contributed by atoms with Crippen molar-refractivity contribution in [1.29, 1.82) is 0 Å². The first-order chi connectivity index (χ1) is 17.0. The summed E-state index contributed by atoms with van der Waals surface area (Å²) in [5.41, 5.74) is 3.09. The van der Waals surface area contributed by atoms with Crippen LogP contribution in [0.15, 0.2) is 72.8 Å². The van der Waals surface area contributed by atoms with Gasteiger partial charge < -0.3 is 19.9 Å². The van der Waals surface area contributed by atoms with Gasteiger partial charge >= 0.3 is 0 Å². The van der Waals surface area contributed by atoms with Crippen LogP contribution in [0.2, 0.25) is 5.02 Å². The third-order valence-electron chi connectivity index (χ3n) is 5.99. The number of ether oxygens (including phenoxy) is 1. The molecule has 1 N–H and O–H groups in total. The number of halogens is 1. The number of hydrogen-bond donors (Lipinski definition) is 1.